The van der Waals surface area contributed by atoms with E-state index in [0.29, 0.717) is 17.5 Å². The maximum atomic E-state index is 10.7. The summed E-state index contributed by atoms with van der Waals surface area (Å²) in [5.41, 5.74) is 0.728. The number of hydrogen-bond donors (Lipinski definition) is 2. The van der Waals surface area contributed by atoms with E-state index in [4.69, 9.17) is 9.47 Å². The van der Waals surface area contributed by atoms with Gasteiger partial charge in [0.1, 0.15) is 11.5 Å². The summed E-state index contributed by atoms with van der Waals surface area (Å²) >= 11 is 0. The summed E-state index contributed by atoms with van der Waals surface area (Å²) in [6.07, 6.45) is 1.75. The van der Waals surface area contributed by atoms with Crippen molar-refractivity contribution >= 4 is 5.96 Å². The van der Waals surface area contributed by atoms with E-state index >= 15 is 0 Å². The second-order valence-corrected chi connectivity index (χ2v) is 7.16. The average Bonchev–Trinajstić information content (AvgIpc) is 3.17. The molecule has 2 unspecified atom stereocenters. The molecule has 2 N–H and O–H groups in total. The lowest BCUT2D eigenvalue weighted by Crippen LogP contribution is -2.46. The zero-order chi connectivity index (χ0) is 20.5. The van der Waals surface area contributed by atoms with Gasteiger partial charge in [0.25, 0.3) is 0 Å². The smallest absolute Gasteiger partial charge is 0.193 e. The first-order chi connectivity index (χ1) is 13.5. The number of likely N-dealkylation sites (N-methyl/N-ethyl adjacent to an activating group) is 2. The number of nitrogens with one attached hydrogen (secondary N) is 1. The second-order valence-electron chi connectivity index (χ2n) is 7.16. The number of aliphatic hydroxyl groups is 1. The third-order valence-electron chi connectivity index (χ3n) is 5.26. The fourth-order valence-electron chi connectivity index (χ4n) is 3.69. The lowest BCUT2D eigenvalue weighted by atomic mass is 10.1. The number of benzene rings is 1. The molecule has 0 saturated carbocycles. The standard InChI is InChI=1S/C21H36N4O3/c1-6-22-21(24(3)15-17-9-8-10-25(17)7-2)23-14-20(26)16-11-18(27-4)13-19(12-16)28-5/h11-13,17,20,26H,6-10,14-15H2,1-5H3,(H,22,23). The molecule has 0 radical (unpaired) electrons. The first-order valence-corrected chi connectivity index (χ1v) is 10.2. The molecule has 1 heterocycles. The predicted molar refractivity (Wildman–Crippen MR) is 113 cm³/mol. The highest BCUT2D eigenvalue weighted by molar-refractivity contribution is 5.79. The minimum atomic E-state index is -0.732. The Labute approximate surface area is 169 Å². The van der Waals surface area contributed by atoms with Crippen molar-refractivity contribution in [3.63, 3.8) is 0 Å². The molecule has 1 aliphatic rings. The molecule has 0 bridgehead atoms. The number of methoxy groups -OCH3 is 2. The molecule has 1 fully saturated rings. The highest BCUT2D eigenvalue weighted by Crippen LogP contribution is 2.26. The number of aliphatic hydroxyl groups excluding tert-OH is 1. The van der Waals surface area contributed by atoms with Crippen LogP contribution in [0.15, 0.2) is 23.2 Å². The van der Waals surface area contributed by atoms with E-state index < -0.39 is 6.10 Å². The normalized spacial score (nSPS) is 18.8. The lowest BCUT2D eigenvalue weighted by Gasteiger charge is -2.30. The minimum Gasteiger partial charge on any atom is -0.497 e. The van der Waals surface area contributed by atoms with Gasteiger partial charge < -0.3 is 24.8 Å². The quantitative estimate of drug-likeness (QED) is 0.496. The van der Waals surface area contributed by atoms with Gasteiger partial charge in [-0.2, -0.15) is 0 Å². The van der Waals surface area contributed by atoms with Crippen LogP contribution in [0, 0.1) is 0 Å². The van der Waals surface area contributed by atoms with Gasteiger partial charge in [0.2, 0.25) is 0 Å². The fourth-order valence-corrected chi connectivity index (χ4v) is 3.69. The van der Waals surface area contributed by atoms with Crippen molar-refractivity contribution < 1.29 is 14.6 Å². The highest BCUT2D eigenvalue weighted by atomic mass is 16.5. The first kappa shape index (κ1) is 22.3. The molecule has 1 aromatic rings. The van der Waals surface area contributed by atoms with Gasteiger partial charge >= 0.3 is 0 Å². The SMILES string of the molecule is CCNC(=NCC(O)c1cc(OC)cc(OC)c1)N(C)CC1CCCN1CC. The van der Waals surface area contributed by atoms with Gasteiger partial charge in [-0.25, -0.2) is 0 Å². The van der Waals surface area contributed by atoms with Crippen LogP contribution in [0.1, 0.15) is 38.4 Å². The molecule has 7 heteroatoms. The number of ether oxygens (including phenoxy) is 2. The Bertz CT molecular complexity index is 616. The van der Waals surface area contributed by atoms with Crippen LogP contribution >= 0.6 is 0 Å². The van der Waals surface area contributed by atoms with Crippen molar-refractivity contribution in [2.45, 2.75) is 38.8 Å². The number of hydrogen-bond acceptors (Lipinski definition) is 5. The molecule has 0 spiro atoms. The second kappa shape index (κ2) is 11.1. The van der Waals surface area contributed by atoms with E-state index in [1.54, 1.807) is 20.3 Å². The summed E-state index contributed by atoms with van der Waals surface area (Å²) < 4.78 is 10.6. The molecule has 0 amide bonds. The molecular weight excluding hydrogens is 356 g/mol. The van der Waals surface area contributed by atoms with E-state index in [9.17, 15) is 5.11 Å². The minimum absolute atomic E-state index is 0.269. The molecule has 7 nitrogen and oxygen atoms in total. The van der Waals surface area contributed by atoms with Crippen LogP contribution < -0.4 is 14.8 Å². The Hall–Kier alpha value is -1.99. The molecule has 0 aromatic heterocycles. The number of nitrogens with zero attached hydrogens (tertiary/aromatic N) is 3. The van der Waals surface area contributed by atoms with Crippen molar-refractivity contribution in [1.29, 1.82) is 0 Å². The summed E-state index contributed by atoms with van der Waals surface area (Å²) in [7, 11) is 5.27. The van der Waals surface area contributed by atoms with Crippen LogP contribution in [0.5, 0.6) is 11.5 Å². The molecule has 1 saturated heterocycles. The Morgan fingerprint density at radius 2 is 1.96 bits per heavy atom. The summed E-state index contributed by atoms with van der Waals surface area (Å²) in [4.78, 5) is 9.37. The number of guanidine groups is 1. The highest BCUT2D eigenvalue weighted by Gasteiger charge is 2.25. The van der Waals surface area contributed by atoms with E-state index in [1.165, 1.54) is 19.4 Å². The van der Waals surface area contributed by atoms with E-state index in [-0.39, 0.29) is 6.54 Å². The van der Waals surface area contributed by atoms with Crippen LogP contribution in [0.25, 0.3) is 0 Å². The van der Waals surface area contributed by atoms with Gasteiger partial charge in [-0.3, -0.25) is 9.89 Å². The van der Waals surface area contributed by atoms with Crippen LogP contribution in [0.3, 0.4) is 0 Å². The van der Waals surface area contributed by atoms with Gasteiger partial charge in [0, 0.05) is 32.2 Å². The summed E-state index contributed by atoms with van der Waals surface area (Å²) in [6, 6.07) is 5.98. The first-order valence-electron chi connectivity index (χ1n) is 10.2. The molecule has 0 aliphatic carbocycles. The maximum Gasteiger partial charge on any atom is 0.193 e. The van der Waals surface area contributed by atoms with Crippen molar-refractivity contribution in [2.75, 3.05) is 54.0 Å². The summed E-state index contributed by atoms with van der Waals surface area (Å²) in [5.74, 6) is 2.13. The van der Waals surface area contributed by atoms with E-state index in [0.717, 1.165) is 31.2 Å². The van der Waals surface area contributed by atoms with Crippen molar-refractivity contribution in [1.82, 2.24) is 15.1 Å². The van der Waals surface area contributed by atoms with E-state index in [1.807, 2.05) is 12.1 Å². The Morgan fingerprint density at radius 3 is 2.54 bits per heavy atom. The van der Waals surface area contributed by atoms with Crippen molar-refractivity contribution in [3.05, 3.63) is 23.8 Å². The Balaban J connectivity index is 2.06. The van der Waals surface area contributed by atoms with Crippen LogP contribution in [-0.4, -0.2) is 80.9 Å². The molecule has 2 rings (SSSR count). The Morgan fingerprint density at radius 1 is 1.29 bits per heavy atom. The molecule has 1 aliphatic heterocycles. The van der Waals surface area contributed by atoms with Gasteiger partial charge in [-0.1, -0.05) is 6.92 Å². The van der Waals surface area contributed by atoms with Gasteiger partial charge in [0.15, 0.2) is 5.96 Å². The van der Waals surface area contributed by atoms with E-state index in [2.05, 4.69) is 41.0 Å². The van der Waals surface area contributed by atoms with Crippen LogP contribution in [-0.2, 0) is 0 Å². The largest absolute Gasteiger partial charge is 0.497 e. The summed E-state index contributed by atoms with van der Waals surface area (Å²) in [5, 5.41) is 14.0. The van der Waals surface area contributed by atoms with Crippen molar-refractivity contribution in [3.8, 4) is 11.5 Å². The lowest BCUT2D eigenvalue weighted by molar-refractivity contribution is 0.185. The van der Waals surface area contributed by atoms with Crippen molar-refractivity contribution in [2.24, 2.45) is 4.99 Å². The summed E-state index contributed by atoms with van der Waals surface area (Å²) in [6.45, 7) is 8.53. The maximum absolute atomic E-state index is 10.7. The molecule has 28 heavy (non-hydrogen) atoms. The fraction of sp³-hybridized carbons (Fsp3) is 0.667. The number of likely N-dealkylation sites (tertiary alicyclic amines) is 1. The average molecular weight is 393 g/mol. The third-order valence-corrected chi connectivity index (χ3v) is 5.26. The third kappa shape index (κ3) is 6.01. The molecular formula is C21H36N4O3. The van der Waals surface area contributed by atoms with Gasteiger partial charge in [-0.15, -0.1) is 0 Å². The zero-order valence-corrected chi connectivity index (χ0v) is 17.9. The molecule has 158 valence electrons. The predicted octanol–water partition coefficient (Wildman–Crippen LogP) is 2.12. The number of aliphatic imine (C=N–C) groups is 1. The number of rotatable bonds is 9. The van der Waals surface area contributed by atoms with Crippen LogP contribution in [0.4, 0.5) is 0 Å². The monoisotopic (exact) mass is 392 g/mol. The van der Waals surface area contributed by atoms with Gasteiger partial charge in [-0.05, 0) is 50.6 Å². The zero-order valence-electron chi connectivity index (χ0n) is 17.9. The molecule has 1 aromatic carbocycles. The van der Waals surface area contributed by atoms with Crippen LogP contribution in [0.2, 0.25) is 0 Å². The molecule has 2 atom stereocenters. The topological polar surface area (TPSA) is 69.6 Å². The van der Waals surface area contributed by atoms with Gasteiger partial charge in [0.05, 0.1) is 26.9 Å². The Kier molecular flexibility index (Phi) is 8.86.